The first kappa shape index (κ1) is 17.5. The molecule has 3 rings (SSSR count). The third-order valence-corrected chi connectivity index (χ3v) is 3.74. The summed E-state index contributed by atoms with van der Waals surface area (Å²) >= 11 is 0. The molecule has 0 saturated heterocycles. The second-order valence-corrected chi connectivity index (χ2v) is 5.57. The molecule has 0 unspecified atom stereocenters. The fourth-order valence-corrected chi connectivity index (χ4v) is 2.47. The van der Waals surface area contributed by atoms with Gasteiger partial charge in [0.2, 0.25) is 0 Å². The molecular formula is C19H18N2O5. The molecule has 1 aromatic heterocycles. The third-order valence-electron chi connectivity index (χ3n) is 3.74. The first-order chi connectivity index (χ1) is 12.6. The van der Waals surface area contributed by atoms with E-state index in [4.69, 9.17) is 19.3 Å². The number of hydrogen-bond donors (Lipinski definition) is 1. The maximum atomic E-state index is 10.7. The molecule has 0 aliphatic rings. The molecule has 26 heavy (non-hydrogen) atoms. The van der Waals surface area contributed by atoms with E-state index in [0.717, 1.165) is 11.1 Å². The van der Waals surface area contributed by atoms with Crippen molar-refractivity contribution in [3.8, 4) is 17.5 Å². The van der Waals surface area contributed by atoms with E-state index in [-0.39, 0.29) is 6.42 Å². The average molecular weight is 354 g/mol. The van der Waals surface area contributed by atoms with Crippen LogP contribution in [-0.4, -0.2) is 35.3 Å². The number of nitrogens with zero attached hydrogens (tertiary/aromatic N) is 2. The minimum Gasteiger partial charge on any atom is -0.489 e. The van der Waals surface area contributed by atoms with Crippen molar-refractivity contribution >= 4 is 17.0 Å². The largest absolute Gasteiger partial charge is 0.489 e. The predicted molar refractivity (Wildman–Crippen MR) is 94.8 cm³/mol. The molecule has 0 amide bonds. The number of aromatic nitrogens is 2. The van der Waals surface area contributed by atoms with Crippen molar-refractivity contribution < 1.29 is 24.1 Å². The number of benzene rings is 2. The standard InChI is InChI=1S/C19H18N2O5/c1-24-18-19(25-2)21-16-9-13(5-8-15(16)20-18)11-26-14-6-3-12(4-7-14)10-17(22)23/h3-9H,10-11H2,1-2H3,(H,22,23). The number of ether oxygens (including phenoxy) is 3. The van der Waals surface area contributed by atoms with Gasteiger partial charge in [-0.05, 0) is 35.4 Å². The Morgan fingerprint density at radius 2 is 1.54 bits per heavy atom. The number of carboxylic acids is 1. The summed E-state index contributed by atoms with van der Waals surface area (Å²) in [5.74, 6) is 0.471. The lowest BCUT2D eigenvalue weighted by atomic mass is 10.1. The summed E-state index contributed by atoms with van der Waals surface area (Å²) in [4.78, 5) is 19.5. The highest BCUT2D eigenvalue weighted by atomic mass is 16.5. The van der Waals surface area contributed by atoms with Crippen molar-refractivity contribution in [1.82, 2.24) is 9.97 Å². The van der Waals surface area contributed by atoms with E-state index in [0.29, 0.717) is 35.1 Å². The number of carbonyl (C=O) groups is 1. The zero-order chi connectivity index (χ0) is 18.5. The second kappa shape index (κ2) is 7.69. The van der Waals surface area contributed by atoms with E-state index in [1.165, 1.54) is 14.2 Å². The van der Waals surface area contributed by atoms with Crippen molar-refractivity contribution in [2.24, 2.45) is 0 Å². The van der Waals surface area contributed by atoms with Crippen molar-refractivity contribution in [3.05, 3.63) is 53.6 Å². The van der Waals surface area contributed by atoms with E-state index in [1.807, 2.05) is 18.2 Å². The van der Waals surface area contributed by atoms with E-state index < -0.39 is 5.97 Å². The first-order valence-corrected chi connectivity index (χ1v) is 7.91. The molecule has 0 bridgehead atoms. The molecule has 3 aromatic rings. The molecule has 0 atom stereocenters. The Morgan fingerprint density at radius 3 is 2.15 bits per heavy atom. The smallest absolute Gasteiger partial charge is 0.307 e. The molecule has 0 saturated carbocycles. The number of hydrogen-bond acceptors (Lipinski definition) is 6. The van der Waals surface area contributed by atoms with Crippen LogP contribution < -0.4 is 14.2 Å². The van der Waals surface area contributed by atoms with Crippen LogP contribution in [0.1, 0.15) is 11.1 Å². The summed E-state index contributed by atoms with van der Waals surface area (Å²) in [5, 5.41) is 8.79. The first-order valence-electron chi connectivity index (χ1n) is 7.91. The Morgan fingerprint density at radius 1 is 0.923 bits per heavy atom. The maximum Gasteiger partial charge on any atom is 0.307 e. The van der Waals surface area contributed by atoms with E-state index in [1.54, 1.807) is 24.3 Å². The summed E-state index contributed by atoms with van der Waals surface area (Å²) in [5.41, 5.74) is 3.03. The summed E-state index contributed by atoms with van der Waals surface area (Å²) < 4.78 is 16.1. The summed E-state index contributed by atoms with van der Waals surface area (Å²) in [6.45, 7) is 0.351. The number of methoxy groups -OCH3 is 2. The fraction of sp³-hybridized carbons (Fsp3) is 0.211. The van der Waals surface area contributed by atoms with Crippen LogP contribution >= 0.6 is 0 Å². The topological polar surface area (TPSA) is 90.8 Å². The molecule has 0 fully saturated rings. The Labute approximate surface area is 150 Å². The van der Waals surface area contributed by atoms with E-state index in [9.17, 15) is 4.79 Å². The second-order valence-electron chi connectivity index (χ2n) is 5.57. The number of aliphatic carboxylic acids is 1. The van der Waals surface area contributed by atoms with Gasteiger partial charge >= 0.3 is 5.97 Å². The highest BCUT2D eigenvalue weighted by Crippen LogP contribution is 2.25. The minimum atomic E-state index is -0.858. The molecule has 0 spiro atoms. The van der Waals surface area contributed by atoms with Crippen LogP contribution in [0.3, 0.4) is 0 Å². The lowest BCUT2D eigenvalue weighted by Crippen LogP contribution is -2.01. The van der Waals surface area contributed by atoms with Crippen molar-refractivity contribution in [1.29, 1.82) is 0 Å². The van der Waals surface area contributed by atoms with Gasteiger partial charge < -0.3 is 19.3 Å². The van der Waals surface area contributed by atoms with Crippen LogP contribution in [0.15, 0.2) is 42.5 Å². The SMILES string of the molecule is COc1nc2ccc(COc3ccc(CC(=O)O)cc3)cc2nc1OC. The molecule has 2 aromatic carbocycles. The van der Waals surface area contributed by atoms with Crippen LogP contribution in [0.5, 0.6) is 17.5 Å². The van der Waals surface area contributed by atoms with Crippen molar-refractivity contribution in [2.75, 3.05) is 14.2 Å². The van der Waals surface area contributed by atoms with Gasteiger partial charge in [0.15, 0.2) is 0 Å². The van der Waals surface area contributed by atoms with Gasteiger partial charge in [0, 0.05) is 0 Å². The Hall–Kier alpha value is -3.35. The normalized spacial score (nSPS) is 10.5. The van der Waals surface area contributed by atoms with Crippen LogP contribution in [-0.2, 0) is 17.8 Å². The predicted octanol–water partition coefficient (Wildman–Crippen LogP) is 2.85. The lowest BCUT2D eigenvalue weighted by Gasteiger charge is -2.09. The zero-order valence-corrected chi connectivity index (χ0v) is 14.4. The van der Waals surface area contributed by atoms with Crippen molar-refractivity contribution in [2.45, 2.75) is 13.0 Å². The molecule has 1 heterocycles. The van der Waals surface area contributed by atoms with Gasteiger partial charge in [-0.25, -0.2) is 9.97 Å². The third kappa shape index (κ3) is 4.00. The number of carboxylic acid groups (broad SMARTS) is 1. The number of rotatable bonds is 7. The summed E-state index contributed by atoms with van der Waals surface area (Å²) in [6.07, 6.45) is -0.00504. The van der Waals surface area contributed by atoms with Gasteiger partial charge in [0.1, 0.15) is 12.4 Å². The average Bonchev–Trinajstić information content (AvgIpc) is 2.65. The molecular weight excluding hydrogens is 336 g/mol. The molecule has 134 valence electrons. The van der Waals surface area contributed by atoms with Gasteiger partial charge in [-0.3, -0.25) is 4.79 Å². The molecule has 7 nitrogen and oxygen atoms in total. The van der Waals surface area contributed by atoms with Gasteiger partial charge in [-0.15, -0.1) is 0 Å². The van der Waals surface area contributed by atoms with E-state index >= 15 is 0 Å². The quantitative estimate of drug-likeness (QED) is 0.697. The highest BCUT2D eigenvalue weighted by molar-refractivity contribution is 5.76. The van der Waals surface area contributed by atoms with Crippen LogP contribution in [0, 0.1) is 0 Å². The monoisotopic (exact) mass is 354 g/mol. The van der Waals surface area contributed by atoms with Crippen LogP contribution in [0.2, 0.25) is 0 Å². The van der Waals surface area contributed by atoms with Gasteiger partial charge in [-0.1, -0.05) is 18.2 Å². The minimum absolute atomic E-state index is 0.00504. The van der Waals surface area contributed by atoms with Gasteiger partial charge in [0.05, 0.1) is 31.7 Å². The molecule has 7 heteroatoms. The Balaban J connectivity index is 1.73. The molecule has 0 aliphatic heterocycles. The summed E-state index contributed by atoms with van der Waals surface area (Å²) in [6, 6.07) is 12.6. The zero-order valence-electron chi connectivity index (χ0n) is 14.4. The molecule has 0 aliphatic carbocycles. The fourth-order valence-electron chi connectivity index (χ4n) is 2.47. The van der Waals surface area contributed by atoms with Gasteiger partial charge in [-0.2, -0.15) is 0 Å². The van der Waals surface area contributed by atoms with Gasteiger partial charge in [0.25, 0.3) is 11.8 Å². The maximum absolute atomic E-state index is 10.7. The highest BCUT2D eigenvalue weighted by Gasteiger charge is 2.10. The number of fused-ring (bicyclic) bond motifs is 1. The lowest BCUT2D eigenvalue weighted by molar-refractivity contribution is -0.136. The molecule has 0 radical (unpaired) electrons. The Bertz CT molecular complexity index is 925. The van der Waals surface area contributed by atoms with Crippen LogP contribution in [0.4, 0.5) is 0 Å². The van der Waals surface area contributed by atoms with E-state index in [2.05, 4.69) is 9.97 Å². The Kier molecular flexibility index (Phi) is 5.17. The molecule has 1 N–H and O–H groups in total. The van der Waals surface area contributed by atoms with Crippen LogP contribution in [0.25, 0.3) is 11.0 Å². The summed E-state index contributed by atoms with van der Waals surface area (Å²) in [7, 11) is 3.03. The van der Waals surface area contributed by atoms with Crippen molar-refractivity contribution in [3.63, 3.8) is 0 Å².